The third-order valence-corrected chi connectivity index (χ3v) is 21.9. The van der Waals surface area contributed by atoms with Gasteiger partial charge in [0.05, 0.1) is 0 Å². The van der Waals surface area contributed by atoms with Gasteiger partial charge in [-0.15, -0.1) is 0 Å². The zero-order valence-corrected chi connectivity index (χ0v) is 33.4. The van der Waals surface area contributed by atoms with Crippen LogP contribution in [0.15, 0.2) is 121 Å². The molecule has 0 amide bonds. The molecule has 0 unspecified atom stereocenters. The van der Waals surface area contributed by atoms with Crippen molar-refractivity contribution < 1.29 is 0 Å². The predicted molar refractivity (Wildman–Crippen MR) is 203 cm³/mol. The van der Waals surface area contributed by atoms with Gasteiger partial charge in [-0.1, -0.05) is 253 Å². The van der Waals surface area contributed by atoms with E-state index in [4.69, 9.17) is 9.30 Å². The molecule has 0 bridgehead atoms. The van der Waals surface area contributed by atoms with E-state index in [0.717, 1.165) is 24.2 Å². The molecule has 0 spiro atoms. The molecule has 0 N–H and O–H groups in total. The van der Waals surface area contributed by atoms with Gasteiger partial charge in [0.2, 0.25) is 0 Å². The van der Waals surface area contributed by atoms with Crippen molar-refractivity contribution in [3.8, 4) is 0 Å². The molecule has 0 saturated heterocycles. The zero-order chi connectivity index (χ0) is 30.7. The Morgan fingerprint density at radius 2 is 0.488 bits per heavy atom. The first-order chi connectivity index (χ1) is 19.7. The Bertz CT molecular complexity index is 1110. The van der Waals surface area contributed by atoms with Crippen molar-refractivity contribution in [1.82, 2.24) is 0 Å². The van der Waals surface area contributed by atoms with Crippen LogP contribution in [0.1, 0.15) is 22.3 Å². The Labute approximate surface area is 283 Å². The van der Waals surface area contributed by atoms with Crippen molar-refractivity contribution in [3.63, 3.8) is 0 Å². The summed E-state index contributed by atoms with van der Waals surface area (Å²) in [5, 5.41) is 0. The van der Waals surface area contributed by atoms with Crippen LogP contribution in [0.4, 0.5) is 0 Å². The van der Waals surface area contributed by atoms with Crippen LogP contribution in [0, 0.1) is 0 Å². The first kappa shape index (κ1) is 37.6. The van der Waals surface area contributed by atoms with Crippen molar-refractivity contribution in [1.29, 1.82) is 0 Å². The minimum absolute atomic E-state index is 0. The van der Waals surface area contributed by atoms with Gasteiger partial charge in [-0.3, -0.25) is 0 Å². The standard InChI is InChI=1S/2C18H26NSi2.Mg/c2*1-20(2,15-17-11-7-5-8-12-17)19-21(3,4)16-18-13-9-6-10-14-18;/h2*5-14H,15-16H2,1-4H3;/q2*-1;+2. The van der Waals surface area contributed by atoms with Gasteiger partial charge in [-0.25, -0.2) is 0 Å². The molecule has 4 rings (SSSR count). The largest absolute Gasteiger partial charge is 2.00 e. The number of benzene rings is 4. The molecule has 4 aromatic carbocycles. The van der Waals surface area contributed by atoms with Crippen LogP contribution in [-0.2, 0) is 24.2 Å². The minimum atomic E-state index is -1.55. The monoisotopic (exact) mass is 648 g/mol. The first-order valence-electron chi connectivity index (χ1n) is 15.4. The smallest absolute Gasteiger partial charge is 0.667 e. The second kappa shape index (κ2) is 17.2. The molecule has 224 valence electrons. The molecule has 0 aromatic heterocycles. The maximum Gasteiger partial charge on any atom is 2.00 e. The molecule has 0 aliphatic heterocycles. The Morgan fingerprint density at radius 3 is 0.651 bits per heavy atom. The van der Waals surface area contributed by atoms with Crippen LogP contribution in [-0.4, -0.2) is 56.0 Å². The van der Waals surface area contributed by atoms with E-state index in [1.54, 1.807) is 0 Å². The molecule has 0 heterocycles. The van der Waals surface area contributed by atoms with Gasteiger partial charge in [0.25, 0.3) is 0 Å². The van der Waals surface area contributed by atoms with E-state index < -0.39 is 32.9 Å². The van der Waals surface area contributed by atoms with Crippen LogP contribution < -0.4 is 0 Å². The third-order valence-electron chi connectivity index (χ3n) is 7.13. The summed E-state index contributed by atoms with van der Waals surface area (Å²) in [4.78, 5) is 0. The summed E-state index contributed by atoms with van der Waals surface area (Å²) in [5.74, 6) is 0. The van der Waals surface area contributed by atoms with E-state index in [1.165, 1.54) is 22.3 Å². The number of nitrogens with zero attached hydrogens (tertiary/aromatic N) is 2. The van der Waals surface area contributed by atoms with Crippen molar-refractivity contribution in [2.24, 2.45) is 0 Å². The summed E-state index contributed by atoms with van der Waals surface area (Å²) < 4.78 is 10.8. The van der Waals surface area contributed by atoms with Gasteiger partial charge in [-0.05, 0) is 0 Å². The van der Waals surface area contributed by atoms with Crippen molar-refractivity contribution >= 4 is 56.0 Å². The number of hydrogen-bond donors (Lipinski definition) is 0. The Morgan fingerprint density at radius 1 is 0.326 bits per heavy atom. The molecule has 0 aliphatic rings. The molecule has 0 saturated carbocycles. The van der Waals surface area contributed by atoms with Crippen molar-refractivity contribution in [2.75, 3.05) is 0 Å². The number of rotatable bonds is 12. The van der Waals surface area contributed by atoms with Gasteiger partial charge in [0, 0.05) is 0 Å². The summed E-state index contributed by atoms with van der Waals surface area (Å²) in [6, 6.07) is 47.9. The van der Waals surface area contributed by atoms with Gasteiger partial charge in [-0.2, -0.15) is 0 Å². The molecule has 0 radical (unpaired) electrons. The molecule has 43 heavy (non-hydrogen) atoms. The summed E-state index contributed by atoms with van der Waals surface area (Å²) in [6.07, 6.45) is 0. The fourth-order valence-corrected chi connectivity index (χ4v) is 25.5. The van der Waals surface area contributed by atoms with Crippen LogP contribution in [0.5, 0.6) is 0 Å². The fraction of sp³-hybridized carbons (Fsp3) is 0.333. The maximum atomic E-state index is 5.41. The van der Waals surface area contributed by atoms with E-state index in [9.17, 15) is 0 Å². The van der Waals surface area contributed by atoms with Crippen molar-refractivity contribution in [2.45, 2.75) is 76.6 Å². The predicted octanol–water partition coefficient (Wildman–Crippen LogP) is 10.3. The molecular formula is C36H52MgN2Si4. The average molecular weight is 649 g/mol. The zero-order valence-electron chi connectivity index (χ0n) is 28.0. The minimum Gasteiger partial charge on any atom is -0.667 e. The van der Waals surface area contributed by atoms with E-state index in [-0.39, 0.29) is 23.1 Å². The summed E-state index contributed by atoms with van der Waals surface area (Å²) in [7, 11) is -6.19. The molecule has 0 aliphatic carbocycles. The molecule has 0 fully saturated rings. The van der Waals surface area contributed by atoms with E-state index >= 15 is 0 Å². The van der Waals surface area contributed by atoms with Crippen molar-refractivity contribution in [3.05, 3.63) is 153 Å². The van der Waals surface area contributed by atoms with Crippen LogP contribution in [0.25, 0.3) is 9.30 Å². The molecule has 2 nitrogen and oxygen atoms in total. The van der Waals surface area contributed by atoms with Crippen LogP contribution in [0.3, 0.4) is 0 Å². The first-order valence-corrected chi connectivity index (χ1v) is 28.0. The maximum absolute atomic E-state index is 5.41. The molecular weight excluding hydrogens is 597 g/mol. The normalized spacial score (nSPS) is 12.1. The quantitative estimate of drug-likeness (QED) is 0.137. The second-order valence-electron chi connectivity index (χ2n) is 14.1. The molecule has 7 heteroatoms. The second-order valence-corrected chi connectivity index (χ2v) is 31.8. The third kappa shape index (κ3) is 15.3. The SMILES string of the molecule is C[Si](C)(Cc1ccccc1)[N-][Si](C)(C)Cc1ccccc1.C[Si](C)(Cc1ccccc1)[N-][Si](C)(C)Cc1ccccc1.[Mg+2]. The van der Waals surface area contributed by atoms with E-state index in [1.807, 2.05) is 0 Å². The van der Waals surface area contributed by atoms with Gasteiger partial charge in [0.15, 0.2) is 0 Å². The molecule has 4 aromatic rings. The van der Waals surface area contributed by atoms with Gasteiger partial charge in [0.1, 0.15) is 0 Å². The number of hydrogen-bond acceptors (Lipinski definition) is 0. The molecule has 0 atom stereocenters. The Hall–Kier alpha value is -1.57. The summed E-state index contributed by atoms with van der Waals surface area (Å²) in [5.41, 5.74) is 5.73. The average Bonchev–Trinajstić information content (AvgIpc) is 2.89. The van der Waals surface area contributed by atoms with Gasteiger partial charge < -0.3 is 9.30 Å². The van der Waals surface area contributed by atoms with E-state index in [0.29, 0.717) is 0 Å². The Balaban J connectivity index is 0.000000293. The van der Waals surface area contributed by atoms with Gasteiger partial charge >= 0.3 is 23.1 Å². The Kier molecular flexibility index (Phi) is 15.1. The van der Waals surface area contributed by atoms with E-state index in [2.05, 4.69) is 174 Å². The van der Waals surface area contributed by atoms with Crippen LogP contribution >= 0.6 is 0 Å². The topological polar surface area (TPSA) is 28.2 Å². The summed E-state index contributed by atoms with van der Waals surface area (Å²) >= 11 is 0. The summed E-state index contributed by atoms with van der Waals surface area (Å²) in [6.45, 7) is 19.2. The fourth-order valence-electron chi connectivity index (χ4n) is 6.18. The van der Waals surface area contributed by atoms with Crippen LogP contribution in [0.2, 0.25) is 52.4 Å².